The smallest absolute Gasteiger partial charge is 0.125 e. The molecule has 2 aromatic rings. The number of aryl methyl sites for hydroxylation is 1. The average molecular weight is 215 g/mol. The molecule has 0 amide bonds. The summed E-state index contributed by atoms with van der Waals surface area (Å²) >= 11 is 0. The first kappa shape index (κ1) is 10.4. The van der Waals surface area contributed by atoms with E-state index in [1.54, 1.807) is 12.3 Å². The molecule has 16 heavy (non-hydrogen) atoms. The summed E-state index contributed by atoms with van der Waals surface area (Å²) in [5.41, 5.74) is 1.68. The zero-order chi connectivity index (χ0) is 11.5. The van der Waals surface area contributed by atoms with Crippen LogP contribution in [0.5, 0.6) is 0 Å². The van der Waals surface area contributed by atoms with Crippen LogP contribution in [0.1, 0.15) is 18.3 Å². The van der Waals surface area contributed by atoms with Crippen molar-refractivity contribution in [3.8, 4) is 17.3 Å². The van der Waals surface area contributed by atoms with Gasteiger partial charge in [-0.3, -0.25) is 0 Å². The molecule has 0 unspecified atom stereocenters. The van der Waals surface area contributed by atoms with Crippen molar-refractivity contribution in [1.29, 1.82) is 5.26 Å². The van der Waals surface area contributed by atoms with Gasteiger partial charge in [-0.15, -0.1) is 0 Å². The minimum Gasteiger partial charge on any atom is -0.342 e. The Hall–Kier alpha value is -2.15. The number of aromatic amines is 1. The molecule has 0 atom stereocenters. The second-order valence-electron chi connectivity index (χ2n) is 3.44. The Bertz CT molecular complexity index is 552. The van der Waals surface area contributed by atoms with E-state index in [1.165, 1.54) is 12.1 Å². The van der Waals surface area contributed by atoms with Crippen LogP contribution in [0.4, 0.5) is 4.39 Å². The first-order valence-electron chi connectivity index (χ1n) is 4.98. The Labute approximate surface area is 92.6 Å². The molecule has 0 fully saturated rings. The van der Waals surface area contributed by atoms with Crippen molar-refractivity contribution in [2.45, 2.75) is 13.3 Å². The summed E-state index contributed by atoms with van der Waals surface area (Å²) in [5, 5.41) is 8.74. The SMILES string of the molecule is CCc1ncc(-c2cc(F)cc(C#N)c2)[nH]1. The van der Waals surface area contributed by atoms with Crippen molar-refractivity contribution < 1.29 is 4.39 Å². The summed E-state index contributed by atoms with van der Waals surface area (Å²) < 4.78 is 13.2. The summed E-state index contributed by atoms with van der Waals surface area (Å²) in [6, 6.07) is 6.15. The Kier molecular flexibility index (Phi) is 2.69. The maximum atomic E-state index is 13.2. The van der Waals surface area contributed by atoms with Crippen LogP contribution in [-0.4, -0.2) is 9.97 Å². The fourth-order valence-electron chi connectivity index (χ4n) is 1.50. The lowest BCUT2D eigenvalue weighted by Crippen LogP contribution is -1.85. The molecule has 3 nitrogen and oxygen atoms in total. The normalized spacial score (nSPS) is 10.1. The zero-order valence-corrected chi connectivity index (χ0v) is 8.79. The first-order valence-corrected chi connectivity index (χ1v) is 4.98. The number of halogens is 1. The topological polar surface area (TPSA) is 52.5 Å². The molecule has 0 radical (unpaired) electrons. The lowest BCUT2D eigenvalue weighted by atomic mass is 10.1. The van der Waals surface area contributed by atoms with Crippen LogP contribution in [0.15, 0.2) is 24.4 Å². The molecule has 0 spiro atoms. The molecule has 0 aliphatic carbocycles. The van der Waals surface area contributed by atoms with E-state index in [4.69, 9.17) is 5.26 Å². The molecule has 1 heterocycles. The number of hydrogen-bond donors (Lipinski definition) is 1. The molecule has 80 valence electrons. The predicted molar refractivity (Wildman–Crippen MR) is 58.1 cm³/mol. The molecule has 1 aromatic heterocycles. The highest BCUT2D eigenvalue weighted by Crippen LogP contribution is 2.20. The van der Waals surface area contributed by atoms with Gasteiger partial charge < -0.3 is 4.98 Å². The molecular formula is C12H10FN3. The van der Waals surface area contributed by atoms with Gasteiger partial charge >= 0.3 is 0 Å². The van der Waals surface area contributed by atoms with Gasteiger partial charge in [-0.05, 0) is 18.2 Å². The average Bonchev–Trinajstić information content (AvgIpc) is 2.76. The van der Waals surface area contributed by atoms with Gasteiger partial charge in [0.05, 0.1) is 23.5 Å². The van der Waals surface area contributed by atoms with Crippen molar-refractivity contribution in [2.24, 2.45) is 0 Å². The summed E-state index contributed by atoms with van der Waals surface area (Å²) in [6.45, 7) is 1.98. The van der Waals surface area contributed by atoms with E-state index in [9.17, 15) is 4.39 Å². The molecule has 1 aromatic carbocycles. The van der Waals surface area contributed by atoms with E-state index in [-0.39, 0.29) is 0 Å². The highest BCUT2D eigenvalue weighted by molar-refractivity contribution is 5.61. The second-order valence-corrected chi connectivity index (χ2v) is 3.44. The molecule has 0 aliphatic rings. The van der Waals surface area contributed by atoms with Gasteiger partial charge in [0, 0.05) is 12.0 Å². The molecule has 1 N–H and O–H groups in total. The number of rotatable bonds is 2. The third kappa shape index (κ3) is 1.94. The molecular weight excluding hydrogens is 205 g/mol. The minimum absolute atomic E-state index is 0.308. The van der Waals surface area contributed by atoms with Gasteiger partial charge in [0.25, 0.3) is 0 Å². The van der Waals surface area contributed by atoms with Crippen molar-refractivity contribution in [3.05, 3.63) is 41.6 Å². The zero-order valence-electron chi connectivity index (χ0n) is 8.79. The van der Waals surface area contributed by atoms with Crippen LogP contribution < -0.4 is 0 Å². The Morgan fingerprint density at radius 3 is 2.88 bits per heavy atom. The molecule has 0 saturated carbocycles. The molecule has 0 saturated heterocycles. The first-order chi connectivity index (χ1) is 7.72. The molecule has 2 rings (SSSR count). The fraction of sp³-hybridized carbons (Fsp3) is 0.167. The number of hydrogen-bond acceptors (Lipinski definition) is 2. The van der Waals surface area contributed by atoms with Gasteiger partial charge in [-0.2, -0.15) is 5.26 Å². The van der Waals surface area contributed by atoms with Crippen molar-refractivity contribution >= 4 is 0 Å². The highest BCUT2D eigenvalue weighted by atomic mass is 19.1. The van der Waals surface area contributed by atoms with E-state index in [0.29, 0.717) is 11.1 Å². The van der Waals surface area contributed by atoms with Gasteiger partial charge in [-0.25, -0.2) is 9.37 Å². The van der Waals surface area contributed by atoms with Gasteiger partial charge in [0.15, 0.2) is 0 Å². The third-order valence-corrected chi connectivity index (χ3v) is 2.30. The maximum Gasteiger partial charge on any atom is 0.125 e. The van der Waals surface area contributed by atoms with E-state index < -0.39 is 5.82 Å². The Morgan fingerprint density at radius 2 is 2.25 bits per heavy atom. The Morgan fingerprint density at radius 1 is 1.44 bits per heavy atom. The summed E-state index contributed by atoms with van der Waals surface area (Å²) in [7, 11) is 0. The summed E-state index contributed by atoms with van der Waals surface area (Å²) in [5.74, 6) is 0.430. The summed E-state index contributed by atoms with van der Waals surface area (Å²) in [4.78, 5) is 7.21. The van der Waals surface area contributed by atoms with E-state index >= 15 is 0 Å². The number of nitrogens with zero attached hydrogens (tertiary/aromatic N) is 2. The van der Waals surface area contributed by atoms with Crippen LogP contribution in [0.25, 0.3) is 11.3 Å². The van der Waals surface area contributed by atoms with E-state index in [2.05, 4.69) is 9.97 Å². The second kappa shape index (κ2) is 4.15. The van der Waals surface area contributed by atoms with Crippen LogP contribution in [-0.2, 0) is 6.42 Å². The standard InChI is InChI=1S/C12H10FN3/c1-2-12-15-7-11(16-12)9-3-8(6-14)4-10(13)5-9/h3-5,7H,2H2,1H3,(H,15,16). The van der Waals surface area contributed by atoms with Crippen molar-refractivity contribution in [2.75, 3.05) is 0 Å². The quantitative estimate of drug-likeness (QED) is 0.837. The monoisotopic (exact) mass is 215 g/mol. The van der Waals surface area contributed by atoms with E-state index in [1.807, 2.05) is 13.0 Å². The Balaban J connectivity index is 2.47. The third-order valence-electron chi connectivity index (χ3n) is 2.30. The maximum absolute atomic E-state index is 13.2. The largest absolute Gasteiger partial charge is 0.342 e. The molecule has 0 bridgehead atoms. The van der Waals surface area contributed by atoms with Crippen LogP contribution in [0.2, 0.25) is 0 Å². The van der Waals surface area contributed by atoms with Crippen molar-refractivity contribution in [3.63, 3.8) is 0 Å². The number of nitriles is 1. The van der Waals surface area contributed by atoms with Crippen LogP contribution in [0, 0.1) is 17.1 Å². The number of benzene rings is 1. The van der Waals surface area contributed by atoms with E-state index in [0.717, 1.165) is 17.9 Å². The van der Waals surface area contributed by atoms with Gasteiger partial charge in [0.2, 0.25) is 0 Å². The number of imidazole rings is 1. The molecule has 4 heteroatoms. The number of nitrogens with one attached hydrogen (secondary N) is 1. The predicted octanol–water partition coefficient (Wildman–Crippen LogP) is 2.65. The highest BCUT2D eigenvalue weighted by Gasteiger charge is 2.05. The minimum atomic E-state index is -0.415. The van der Waals surface area contributed by atoms with Gasteiger partial charge in [0.1, 0.15) is 11.6 Å². The lowest BCUT2D eigenvalue weighted by molar-refractivity contribution is 0.628. The lowest BCUT2D eigenvalue weighted by Gasteiger charge is -1.99. The number of aromatic nitrogens is 2. The van der Waals surface area contributed by atoms with Crippen molar-refractivity contribution in [1.82, 2.24) is 9.97 Å². The van der Waals surface area contributed by atoms with Crippen LogP contribution in [0.3, 0.4) is 0 Å². The van der Waals surface area contributed by atoms with Gasteiger partial charge in [-0.1, -0.05) is 6.92 Å². The summed E-state index contributed by atoms with van der Waals surface area (Å²) in [6.07, 6.45) is 2.44. The fourth-order valence-corrected chi connectivity index (χ4v) is 1.50. The van der Waals surface area contributed by atoms with Crippen LogP contribution >= 0.6 is 0 Å². The molecule has 0 aliphatic heterocycles. The number of H-pyrrole nitrogens is 1.